The van der Waals surface area contributed by atoms with Gasteiger partial charge in [0.25, 0.3) is 5.91 Å². The van der Waals surface area contributed by atoms with Gasteiger partial charge < -0.3 is 16.2 Å². The van der Waals surface area contributed by atoms with Crippen molar-refractivity contribution >= 4 is 11.7 Å². The number of halogens is 3. The quantitative estimate of drug-likeness (QED) is 0.564. The van der Waals surface area contributed by atoms with Gasteiger partial charge in [0.1, 0.15) is 18.5 Å². The van der Waals surface area contributed by atoms with Crippen molar-refractivity contribution in [2.45, 2.75) is 25.0 Å². The zero-order chi connectivity index (χ0) is 20.7. The third-order valence-corrected chi connectivity index (χ3v) is 4.08. The first-order valence-electron chi connectivity index (χ1n) is 8.49. The van der Waals surface area contributed by atoms with Crippen LogP contribution in [0.2, 0.25) is 0 Å². The predicted octanol–water partition coefficient (Wildman–Crippen LogP) is 2.03. The highest BCUT2D eigenvalue weighted by atomic mass is 19.3. The molecule has 0 saturated heterocycles. The molecule has 0 radical (unpaired) electrons. The highest BCUT2D eigenvalue weighted by molar-refractivity contribution is 5.94. The number of nitrogens with zero attached hydrogens (tertiary/aromatic N) is 1. The van der Waals surface area contributed by atoms with Gasteiger partial charge in [-0.1, -0.05) is 30.3 Å². The van der Waals surface area contributed by atoms with E-state index in [2.05, 4.69) is 4.98 Å². The van der Waals surface area contributed by atoms with Crippen molar-refractivity contribution < 1.29 is 27.9 Å². The number of alkyl halides is 3. The fraction of sp³-hybridized carbons (Fsp3) is 0.316. The lowest BCUT2D eigenvalue weighted by Gasteiger charge is -2.22. The highest BCUT2D eigenvalue weighted by Crippen LogP contribution is 2.24. The highest BCUT2D eigenvalue weighted by Gasteiger charge is 2.26. The molecule has 0 fully saturated rings. The molecule has 0 aliphatic carbocycles. The molecule has 0 saturated carbocycles. The Morgan fingerprint density at radius 3 is 2.25 bits per heavy atom. The first kappa shape index (κ1) is 21.5. The topological polar surface area (TPSA) is 105 Å². The van der Waals surface area contributed by atoms with Crippen LogP contribution in [0.5, 0.6) is 0 Å². The number of hydrogen-bond acceptors (Lipinski definition) is 5. The minimum Gasteiger partial charge on any atom is -0.386 e. The van der Waals surface area contributed by atoms with E-state index in [9.17, 15) is 27.9 Å². The van der Waals surface area contributed by atoms with Crippen LogP contribution in [0.15, 0.2) is 42.6 Å². The molecule has 6 nitrogen and oxygen atoms in total. The van der Waals surface area contributed by atoms with E-state index in [1.165, 1.54) is 18.3 Å². The van der Waals surface area contributed by atoms with Crippen LogP contribution in [0.3, 0.4) is 0 Å². The van der Waals surface area contributed by atoms with Crippen molar-refractivity contribution in [2.75, 3.05) is 13.2 Å². The maximum absolute atomic E-state index is 13.1. The number of amides is 1. The molecular weight excluding hydrogens is 375 g/mol. The van der Waals surface area contributed by atoms with Crippen molar-refractivity contribution in [2.24, 2.45) is 5.73 Å². The van der Waals surface area contributed by atoms with Gasteiger partial charge in [-0.15, -0.1) is 0 Å². The Hall–Kier alpha value is -2.78. The number of pyridine rings is 1. The normalized spacial score (nSPS) is 13.2. The van der Waals surface area contributed by atoms with Gasteiger partial charge in [0.05, 0.1) is 6.04 Å². The van der Waals surface area contributed by atoms with Crippen molar-refractivity contribution in [1.29, 1.82) is 0 Å². The summed E-state index contributed by atoms with van der Waals surface area (Å²) < 4.78 is 37.7. The molecule has 0 aliphatic heterocycles. The third kappa shape index (κ3) is 5.37. The fourth-order valence-corrected chi connectivity index (χ4v) is 2.54. The summed E-state index contributed by atoms with van der Waals surface area (Å²) in [4.78, 5) is 26.9. The van der Waals surface area contributed by atoms with E-state index in [1.54, 1.807) is 29.6 Å². The molecule has 1 aromatic heterocycles. The summed E-state index contributed by atoms with van der Waals surface area (Å²) in [6.45, 7) is -0.965. The number of aromatic nitrogens is 1. The molecule has 0 bridgehead atoms. The summed E-state index contributed by atoms with van der Waals surface area (Å²) in [5, 5.41) is 11.9. The van der Waals surface area contributed by atoms with E-state index >= 15 is 0 Å². The molecule has 2 atom stereocenters. The van der Waals surface area contributed by atoms with Gasteiger partial charge >= 0.3 is 6.43 Å². The number of aliphatic hydroxyl groups is 1. The van der Waals surface area contributed by atoms with Crippen LogP contribution >= 0.6 is 0 Å². The number of carbonyl (C=O) groups is 2. The van der Waals surface area contributed by atoms with E-state index < -0.39 is 31.2 Å². The first-order valence-corrected chi connectivity index (χ1v) is 8.49. The molecule has 2 unspecified atom stereocenters. The summed E-state index contributed by atoms with van der Waals surface area (Å²) >= 11 is 0. The van der Waals surface area contributed by atoms with Gasteiger partial charge in [0, 0.05) is 18.2 Å². The number of carbonyl (C=O) groups excluding carboxylic acids is 2. The Morgan fingerprint density at radius 2 is 1.75 bits per heavy atom. The van der Waals surface area contributed by atoms with Gasteiger partial charge in [0.2, 0.25) is 0 Å². The minimum atomic E-state index is -3.30. The third-order valence-electron chi connectivity index (χ3n) is 4.08. The average molecular weight is 395 g/mol. The second-order valence-electron chi connectivity index (χ2n) is 6.03. The lowest BCUT2D eigenvalue weighted by molar-refractivity contribution is -0.133. The van der Waals surface area contributed by atoms with E-state index in [0.29, 0.717) is 11.3 Å². The second kappa shape index (κ2) is 9.95. The van der Waals surface area contributed by atoms with E-state index in [0.717, 1.165) is 5.56 Å². The number of aliphatic hydroxyl groups excluding tert-OH is 1. The number of Topliss-reactive ketones (excluding diaryl/α,β-unsaturated/α-hetero) is 1. The second-order valence-corrected chi connectivity index (χ2v) is 6.03. The number of benzene rings is 1. The van der Waals surface area contributed by atoms with Crippen LogP contribution in [0.4, 0.5) is 13.2 Å². The summed E-state index contributed by atoms with van der Waals surface area (Å²) in [6.07, 6.45) is -3.06. The average Bonchev–Trinajstić information content (AvgIpc) is 2.71. The predicted molar refractivity (Wildman–Crippen MR) is 96.5 cm³/mol. The summed E-state index contributed by atoms with van der Waals surface area (Å²) in [5.41, 5.74) is 7.33. The van der Waals surface area contributed by atoms with Crippen LogP contribution in [0.25, 0.3) is 11.1 Å². The Labute approximate surface area is 159 Å². The van der Waals surface area contributed by atoms with E-state index in [-0.39, 0.29) is 24.3 Å². The summed E-state index contributed by atoms with van der Waals surface area (Å²) in [6, 6.07) is 8.03. The number of ketones is 1. The Kier molecular flexibility index (Phi) is 7.65. The monoisotopic (exact) mass is 395 g/mol. The lowest BCUT2D eigenvalue weighted by Crippen LogP contribution is -2.43. The molecule has 150 valence electrons. The van der Waals surface area contributed by atoms with Gasteiger partial charge in [-0.25, -0.2) is 4.39 Å². The number of nitrogens with two attached hydrogens (primary N) is 1. The molecule has 1 amide bonds. The zero-order valence-electron chi connectivity index (χ0n) is 14.8. The summed E-state index contributed by atoms with van der Waals surface area (Å²) in [7, 11) is 0. The number of hydrogen-bond donors (Lipinski definition) is 3. The molecule has 1 aromatic carbocycles. The van der Waals surface area contributed by atoms with Gasteiger partial charge in [0.15, 0.2) is 5.78 Å². The van der Waals surface area contributed by atoms with E-state index in [4.69, 9.17) is 5.73 Å². The standard InChI is InChI=1S/C19H20F3N3O3/c20-9-15(25-19(28)18(21)22)17(27)12-3-1-11(2-4-12)13-5-6-14(24-10-13)16(26)7-8-23/h1-6,10,15,17-18,27H,7-9,23H2,(H,25,28). The van der Waals surface area contributed by atoms with Crippen LogP contribution in [0, 0.1) is 0 Å². The Balaban J connectivity index is 2.11. The maximum Gasteiger partial charge on any atom is 0.315 e. The van der Waals surface area contributed by atoms with Crippen molar-refractivity contribution in [3.63, 3.8) is 0 Å². The van der Waals surface area contributed by atoms with Crippen LogP contribution in [0.1, 0.15) is 28.6 Å². The molecule has 28 heavy (non-hydrogen) atoms. The van der Waals surface area contributed by atoms with Crippen LogP contribution in [-0.4, -0.2) is 47.5 Å². The Morgan fingerprint density at radius 1 is 1.11 bits per heavy atom. The van der Waals surface area contributed by atoms with Crippen LogP contribution in [-0.2, 0) is 4.79 Å². The maximum atomic E-state index is 13.1. The summed E-state index contributed by atoms with van der Waals surface area (Å²) in [5.74, 6) is -1.80. The molecule has 9 heteroatoms. The van der Waals surface area contributed by atoms with Crippen molar-refractivity contribution in [1.82, 2.24) is 10.3 Å². The Bertz CT molecular complexity index is 798. The SMILES string of the molecule is NCCC(=O)c1ccc(-c2ccc(C(O)C(CF)NC(=O)C(F)F)cc2)cn1. The fourth-order valence-electron chi connectivity index (χ4n) is 2.54. The molecule has 2 rings (SSSR count). The van der Waals surface area contributed by atoms with Crippen molar-refractivity contribution in [3.05, 3.63) is 53.9 Å². The van der Waals surface area contributed by atoms with Gasteiger partial charge in [-0.2, -0.15) is 8.78 Å². The minimum absolute atomic E-state index is 0.157. The zero-order valence-corrected chi connectivity index (χ0v) is 14.8. The number of rotatable bonds is 9. The molecule has 0 aliphatic rings. The molecule has 0 spiro atoms. The largest absolute Gasteiger partial charge is 0.386 e. The van der Waals surface area contributed by atoms with Crippen molar-refractivity contribution in [3.8, 4) is 11.1 Å². The molecule has 1 heterocycles. The van der Waals surface area contributed by atoms with E-state index in [1.807, 2.05) is 0 Å². The molecule has 4 N–H and O–H groups in total. The van der Waals surface area contributed by atoms with Gasteiger partial charge in [-0.3, -0.25) is 14.6 Å². The first-order chi connectivity index (χ1) is 13.4. The molecule has 2 aromatic rings. The van der Waals surface area contributed by atoms with Crippen LogP contribution < -0.4 is 11.1 Å². The number of nitrogens with one attached hydrogen (secondary N) is 1. The smallest absolute Gasteiger partial charge is 0.315 e. The lowest BCUT2D eigenvalue weighted by atomic mass is 9.99. The van der Waals surface area contributed by atoms with Gasteiger partial charge in [-0.05, 0) is 23.7 Å². The molecular formula is C19H20F3N3O3.